The van der Waals surface area contributed by atoms with Gasteiger partial charge >= 0.3 is 12.1 Å². The normalized spacial score (nSPS) is 19.7. The van der Waals surface area contributed by atoms with Gasteiger partial charge < -0.3 is 25.2 Å². The highest BCUT2D eigenvalue weighted by atomic mass is 16.5. The molecule has 34 heavy (non-hydrogen) atoms. The number of amides is 2. The Hall–Kier alpha value is -3.39. The van der Waals surface area contributed by atoms with E-state index in [0.29, 0.717) is 25.9 Å². The fraction of sp³-hybridized carbons (Fsp3) is 0.423. The number of alkyl carbamates (subject to hydrolysis) is 1. The van der Waals surface area contributed by atoms with Crippen molar-refractivity contribution in [3.05, 3.63) is 59.7 Å². The summed E-state index contributed by atoms with van der Waals surface area (Å²) in [7, 11) is 0. The molecule has 1 fully saturated rings. The molecule has 0 radical (unpaired) electrons. The molecule has 8 heteroatoms. The Morgan fingerprint density at radius 1 is 1.09 bits per heavy atom. The zero-order chi connectivity index (χ0) is 24.1. The van der Waals surface area contributed by atoms with Crippen LogP contribution in [0.5, 0.6) is 0 Å². The highest BCUT2D eigenvalue weighted by molar-refractivity contribution is 5.86. The van der Waals surface area contributed by atoms with E-state index in [1.54, 1.807) is 0 Å². The Morgan fingerprint density at radius 3 is 2.35 bits per heavy atom. The van der Waals surface area contributed by atoms with Gasteiger partial charge in [-0.25, -0.2) is 9.59 Å². The Labute approximate surface area is 198 Å². The predicted octanol–water partition coefficient (Wildman–Crippen LogP) is 3.30. The summed E-state index contributed by atoms with van der Waals surface area (Å²) < 4.78 is 11.1. The van der Waals surface area contributed by atoms with E-state index in [1.165, 1.54) is 0 Å². The largest absolute Gasteiger partial charge is 0.480 e. The molecule has 3 N–H and O–H groups in total. The van der Waals surface area contributed by atoms with Crippen LogP contribution >= 0.6 is 0 Å². The first-order valence-electron chi connectivity index (χ1n) is 11.7. The van der Waals surface area contributed by atoms with Crippen LogP contribution in [0.25, 0.3) is 11.1 Å². The van der Waals surface area contributed by atoms with Gasteiger partial charge in [0.25, 0.3) is 0 Å². The Morgan fingerprint density at radius 2 is 1.74 bits per heavy atom. The number of nitrogens with one attached hydrogen (secondary N) is 2. The third-order valence-corrected chi connectivity index (χ3v) is 6.52. The summed E-state index contributed by atoms with van der Waals surface area (Å²) in [6.07, 6.45) is 0.217. The lowest BCUT2D eigenvalue weighted by atomic mass is 9.98. The van der Waals surface area contributed by atoms with Gasteiger partial charge in [0.2, 0.25) is 5.91 Å². The van der Waals surface area contributed by atoms with Crippen LogP contribution in [0.4, 0.5) is 4.79 Å². The molecule has 1 heterocycles. The molecular weight excluding hydrogens is 436 g/mol. The van der Waals surface area contributed by atoms with E-state index >= 15 is 0 Å². The number of ether oxygens (including phenoxy) is 2. The minimum atomic E-state index is -1.07. The minimum absolute atomic E-state index is 0.0296. The zero-order valence-corrected chi connectivity index (χ0v) is 19.2. The lowest BCUT2D eigenvalue weighted by Crippen LogP contribution is -2.48. The predicted molar refractivity (Wildman–Crippen MR) is 125 cm³/mol. The summed E-state index contributed by atoms with van der Waals surface area (Å²) >= 11 is 0. The van der Waals surface area contributed by atoms with Crippen molar-refractivity contribution >= 4 is 18.0 Å². The molecular formula is C26H30N2O6. The number of carboxylic acid groups (broad SMARTS) is 1. The van der Waals surface area contributed by atoms with Crippen LogP contribution in [0.3, 0.4) is 0 Å². The average Bonchev–Trinajstić information content (AvgIpc) is 3.44. The number of carbonyl (C=O) groups excluding carboxylic acids is 2. The van der Waals surface area contributed by atoms with E-state index in [2.05, 4.69) is 34.9 Å². The molecule has 1 aliphatic heterocycles. The van der Waals surface area contributed by atoms with Gasteiger partial charge in [0.05, 0.1) is 0 Å². The molecule has 0 aromatic heterocycles. The topological polar surface area (TPSA) is 114 Å². The smallest absolute Gasteiger partial charge is 0.407 e. The van der Waals surface area contributed by atoms with Crippen LogP contribution in [0.1, 0.15) is 43.2 Å². The molecule has 0 bridgehead atoms. The van der Waals surface area contributed by atoms with Crippen molar-refractivity contribution in [2.75, 3.05) is 19.8 Å². The van der Waals surface area contributed by atoms with Crippen molar-refractivity contribution in [1.82, 2.24) is 10.6 Å². The zero-order valence-electron chi connectivity index (χ0n) is 19.2. The lowest BCUT2D eigenvalue weighted by Gasteiger charge is -2.21. The first kappa shape index (κ1) is 23.8. The lowest BCUT2D eigenvalue weighted by molar-refractivity contribution is -0.144. The molecule has 2 aliphatic rings. The molecule has 0 unspecified atom stereocenters. The number of fused-ring (bicyclic) bond motifs is 3. The summed E-state index contributed by atoms with van der Waals surface area (Å²) in [5.41, 5.74) is 4.59. The summed E-state index contributed by atoms with van der Waals surface area (Å²) in [5, 5.41) is 14.6. The molecule has 2 aromatic carbocycles. The van der Waals surface area contributed by atoms with Crippen molar-refractivity contribution in [2.24, 2.45) is 5.92 Å². The van der Waals surface area contributed by atoms with E-state index in [4.69, 9.17) is 9.47 Å². The van der Waals surface area contributed by atoms with Gasteiger partial charge in [0.1, 0.15) is 18.8 Å². The molecule has 180 valence electrons. The van der Waals surface area contributed by atoms with Crippen LogP contribution in [-0.2, 0) is 19.1 Å². The molecule has 1 aliphatic carbocycles. The van der Waals surface area contributed by atoms with E-state index < -0.39 is 30.1 Å². The van der Waals surface area contributed by atoms with E-state index in [1.807, 2.05) is 31.2 Å². The minimum Gasteiger partial charge on any atom is -0.480 e. The molecule has 0 spiro atoms. The summed E-state index contributed by atoms with van der Waals surface area (Å²) in [4.78, 5) is 36.4. The molecule has 3 atom stereocenters. The molecule has 2 aromatic rings. The maximum atomic E-state index is 12.6. The first-order valence-corrected chi connectivity index (χ1v) is 11.7. The highest BCUT2D eigenvalue weighted by Gasteiger charge is 2.36. The Bertz CT molecular complexity index is 1010. The van der Waals surface area contributed by atoms with Crippen LogP contribution in [0.15, 0.2) is 48.5 Å². The number of carbonyl (C=O) groups is 3. The van der Waals surface area contributed by atoms with E-state index in [9.17, 15) is 19.5 Å². The van der Waals surface area contributed by atoms with Crippen molar-refractivity contribution in [3.8, 4) is 11.1 Å². The molecule has 1 saturated heterocycles. The van der Waals surface area contributed by atoms with Gasteiger partial charge in [-0.1, -0.05) is 61.9 Å². The van der Waals surface area contributed by atoms with Crippen LogP contribution in [0, 0.1) is 5.92 Å². The Kier molecular flexibility index (Phi) is 7.47. The maximum absolute atomic E-state index is 12.6. The van der Waals surface area contributed by atoms with Crippen LogP contribution in [0.2, 0.25) is 0 Å². The summed E-state index contributed by atoms with van der Waals surface area (Å²) in [6.45, 7) is 2.65. The van der Waals surface area contributed by atoms with Crippen molar-refractivity contribution in [3.63, 3.8) is 0 Å². The average molecular weight is 467 g/mol. The number of hydrogen-bond acceptors (Lipinski definition) is 5. The van der Waals surface area contributed by atoms with Gasteiger partial charge in [-0.3, -0.25) is 4.79 Å². The first-order chi connectivity index (χ1) is 16.5. The highest BCUT2D eigenvalue weighted by Crippen LogP contribution is 2.44. The number of benzene rings is 2. The maximum Gasteiger partial charge on any atom is 0.407 e. The molecule has 8 nitrogen and oxygen atoms in total. The van der Waals surface area contributed by atoms with Gasteiger partial charge in [0.15, 0.2) is 0 Å². The monoisotopic (exact) mass is 466 g/mol. The Balaban J connectivity index is 1.30. The second kappa shape index (κ2) is 10.7. The van der Waals surface area contributed by atoms with E-state index in [-0.39, 0.29) is 25.0 Å². The van der Waals surface area contributed by atoms with Crippen molar-refractivity contribution < 1.29 is 29.0 Å². The molecule has 0 saturated carbocycles. The number of hydrogen-bond donors (Lipinski definition) is 3. The van der Waals surface area contributed by atoms with Crippen LogP contribution < -0.4 is 10.6 Å². The third kappa shape index (κ3) is 5.07. The van der Waals surface area contributed by atoms with Gasteiger partial charge in [0, 0.05) is 25.0 Å². The van der Waals surface area contributed by atoms with E-state index in [0.717, 1.165) is 22.3 Å². The number of carboxylic acids is 1. The second-order valence-electron chi connectivity index (χ2n) is 8.73. The quantitative estimate of drug-likeness (QED) is 0.523. The molecule has 2 amide bonds. The third-order valence-electron chi connectivity index (χ3n) is 6.52. The van der Waals surface area contributed by atoms with Crippen molar-refractivity contribution in [1.29, 1.82) is 0 Å². The molecule has 4 rings (SSSR count). The van der Waals surface area contributed by atoms with Gasteiger partial charge in [-0.15, -0.1) is 0 Å². The second-order valence-corrected chi connectivity index (χ2v) is 8.73. The summed E-state index contributed by atoms with van der Waals surface area (Å²) in [6, 6.07) is 15.3. The van der Waals surface area contributed by atoms with Crippen LogP contribution in [-0.4, -0.2) is 55.0 Å². The fourth-order valence-electron chi connectivity index (χ4n) is 4.80. The SMILES string of the molecule is CCC[C@H](NC(=O)[C@H]1OCC[C@H]1CNC(=O)OCC1c2ccccc2-c2ccccc21)C(=O)O. The standard InChI is InChI=1S/C26H30N2O6/c1-2-7-22(25(30)31)28-24(29)23-16(12-13-33-23)14-27-26(32)34-15-21-19-10-5-3-8-17(19)18-9-4-6-11-20(18)21/h3-6,8-11,16,21-23H,2,7,12-15H2,1H3,(H,27,32)(H,28,29)(H,30,31)/t16-,22-,23-/m0/s1. The number of aliphatic carboxylic acids is 1. The summed E-state index contributed by atoms with van der Waals surface area (Å²) in [5.74, 6) is -1.81. The van der Waals surface area contributed by atoms with Gasteiger partial charge in [-0.2, -0.15) is 0 Å². The van der Waals surface area contributed by atoms with Crippen molar-refractivity contribution in [2.45, 2.75) is 44.2 Å². The number of rotatable bonds is 9. The fourth-order valence-corrected chi connectivity index (χ4v) is 4.80. The van der Waals surface area contributed by atoms with Gasteiger partial charge in [-0.05, 0) is 35.1 Å².